The van der Waals surface area contributed by atoms with E-state index < -0.39 is 0 Å². The van der Waals surface area contributed by atoms with E-state index >= 15 is 0 Å². The summed E-state index contributed by atoms with van der Waals surface area (Å²) >= 11 is 1.89. The van der Waals surface area contributed by atoms with Gasteiger partial charge < -0.3 is 14.8 Å². The molecule has 0 atom stereocenters. The largest absolute Gasteiger partial charge is 0.490 e. The van der Waals surface area contributed by atoms with E-state index in [4.69, 9.17) is 9.47 Å². The summed E-state index contributed by atoms with van der Waals surface area (Å²) in [5.74, 6) is 2.89. The van der Waals surface area contributed by atoms with E-state index in [1.54, 1.807) is 0 Å². The molecule has 1 N–H and O–H groups in total. The highest BCUT2D eigenvalue weighted by molar-refractivity contribution is 7.99. The molecular weight excluding hydrogens is 270 g/mol. The topological polar surface area (TPSA) is 30.5 Å². The van der Waals surface area contributed by atoms with Crippen LogP contribution in [0.25, 0.3) is 0 Å². The number of fused-ring (bicyclic) bond motifs is 1. The molecule has 3 nitrogen and oxygen atoms in total. The Hall–Kier alpha value is -0.870. The van der Waals surface area contributed by atoms with Crippen molar-refractivity contribution in [2.45, 2.75) is 43.0 Å². The summed E-state index contributed by atoms with van der Waals surface area (Å²) in [5.41, 5.74) is 0. The molecule has 2 aliphatic rings. The summed E-state index contributed by atoms with van der Waals surface area (Å²) in [4.78, 5) is 1.27. The first kappa shape index (κ1) is 14.1. The Kier molecular flexibility index (Phi) is 5.09. The first-order chi connectivity index (χ1) is 9.92. The Morgan fingerprint density at radius 3 is 2.70 bits per heavy atom. The Morgan fingerprint density at radius 2 is 1.85 bits per heavy atom. The van der Waals surface area contributed by atoms with Gasteiger partial charge in [0.05, 0.1) is 13.2 Å². The fourth-order valence-corrected chi connectivity index (χ4v) is 3.61. The zero-order chi connectivity index (χ0) is 13.6. The second-order valence-electron chi connectivity index (χ2n) is 5.44. The second-order valence-corrected chi connectivity index (χ2v) is 6.61. The molecule has 0 saturated heterocycles. The summed E-state index contributed by atoms with van der Waals surface area (Å²) in [6, 6.07) is 7.04. The van der Waals surface area contributed by atoms with Crippen molar-refractivity contribution >= 4 is 11.8 Å². The molecule has 1 aliphatic heterocycles. The van der Waals surface area contributed by atoms with E-state index in [1.165, 1.54) is 30.6 Å². The fraction of sp³-hybridized carbons (Fsp3) is 0.625. The van der Waals surface area contributed by atoms with Gasteiger partial charge in [-0.1, -0.05) is 12.8 Å². The SMILES string of the molecule is c1cc2c(cc1SCCNC1CCCC1)OCCCO2. The van der Waals surface area contributed by atoms with Gasteiger partial charge in [-0.15, -0.1) is 11.8 Å². The maximum Gasteiger partial charge on any atom is 0.162 e. The average molecular weight is 293 g/mol. The lowest BCUT2D eigenvalue weighted by Crippen LogP contribution is -2.27. The van der Waals surface area contributed by atoms with E-state index in [9.17, 15) is 0 Å². The minimum atomic E-state index is 0.754. The highest BCUT2D eigenvalue weighted by Crippen LogP contribution is 2.33. The molecule has 0 aromatic heterocycles. The van der Waals surface area contributed by atoms with Crippen LogP contribution in [-0.2, 0) is 0 Å². The minimum absolute atomic E-state index is 0.754. The number of hydrogen-bond acceptors (Lipinski definition) is 4. The normalized spacial score (nSPS) is 19.0. The maximum atomic E-state index is 5.72. The second kappa shape index (κ2) is 7.23. The van der Waals surface area contributed by atoms with Gasteiger partial charge in [-0.2, -0.15) is 0 Å². The number of thioether (sulfide) groups is 1. The van der Waals surface area contributed by atoms with Gasteiger partial charge in [-0.3, -0.25) is 0 Å². The van der Waals surface area contributed by atoms with E-state index in [-0.39, 0.29) is 0 Å². The van der Waals surface area contributed by atoms with Crippen LogP contribution in [0, 0.1) is 0 Å². The summed E-state index contributed by atoms with van der Waals surface area (Å²) in [6.45, 7) is 2.60. The Morgan fingerprint density at radius 1 is 1.05 bits per heavy atom. The minimum Gasteiger partial charge on any atom is -0.490 e. The van der Waals surface area contributed by atoms with Crippen molar-refractivity contribution in [1.82, 2.24) is 5.32 Å². The van der Waals surface area contributed by atoms with Crippen LogP contribution in [0.3, 0.4) is 0 Å². The lowest BCUT2D eigenvalue weighted by atomic mass is 10.2. The van der Waals surface area contributed by atoms with Gasteiger partial charge in [0, 0.05) is 29.7 Å². The standard InChI is InChI=1S/C16H23NO2S/c1-2-5-13(4-1)17-8-11-20-14-6-7-15-16(12-14)19-10-3-9-18-15/h6-7,12-13,17H,1-5,8-11H2. The van der Waals surface area contributed by atoms with Crippen LogP contribution in [0.15, 0.2) is 23.1 Å². The zero-order valence-corrected chi connectivity index (χ0v) is 12.7. The molecule has 1 heterocycles. The molecule has 110 valence electrons. The quantitative estimate of drug-likeness (QED) is 0.665. The van der Waals surface area contributed by atoms with Gasteiger partial charge in [0.2, 0.25) is 0 Å². The van der Waals surface area contributed by atoms with Crippen molar-refractivity contribution in [2.75, 3.05) is 25.5 Å². The summed E-state index contributed by atoms with van der Waals surface area (Å²) < 4.78 is 11.4. The molecule has 3 rings (SSSR count). The Balaban J connectivity index is 1.46. The van der Waals surface area contributed by atoms with E-state index in [2.05, 4.69) is 17.4 Å². The van der Waals surface area contributed by atoms with Gasteiger partial charge in [0.1, 0.15) is 0 Å². The van der Waals surface area contributed by atoms with Crippen LogP contribution in [0.4, 0.5) is 0 Å². The first-order valence-electron chi connectivity index (χ1n) is 7.68. The predicted molar refractivity (Wildman–Crippen MR) is 83.0 cm³/mol. The van der Waals surface area contributed by atoms with Crippen LogP contribution in [0.1, 0.15) is 32.1 Å². The third kappa shape index (κ3) is 3.83. The summed E-state index contributed by atoms with van der Waals surface area (Å²) in [5, 5.41) is 3.65. The summed E-state index contributed by atoms with van der Waals surface area (Å²) in [6.07, 6.45) is 6.46. The fourth-order valence-electron chi connectivity index (χ4n) is 2.80. The number of ether oxygens (including phenoxy) is 2. The monoisotopic (exact) mass is 293 g/mol. The van der Waals surface area contributed by atoms with Gasteiger partial charge in [-0.25, -0.2) is 0 Å². The highest BCUT2D eigenvalue weighted by atomic mass is 32.2. The average Bonchev–Trinajstić information content (AvgIpc) is 2.87. The molecule has 0 bridgehead atoms. The predicted octanol–water partition coefficient (Wildman–Crippen LogP) is 3.47. The van der Waals surface area contributed by atoms with Crippen LogP contribution in [0.2, 0.25) is 0 Å². The molecule has 1 saturated carbocycles. The third-order valence-corrected chi connectivity index (χ3v) is 4.87. The molecule has 1 aliphatic carbocycles. The maximum absolute atomic E-state index is 5.72. The molecule has 1 aromatic carbocycles. The van der Waals surface area contributed by atoms with Gasteiger partial charge >= 0.3 is 0 Å². The molecule has 4 heteroatoms. The van der Waals surface area contributed by atoms with E-state index in [1.807, 2.05) is 17.8 Å². The van der Waals surface area contributed by atoms with Gasteiger partial charge in [-0.05, 0) is 31.0 Å². The van der Waals surface area contributed by atoms with E-state index in [0.717, 1.165) is 49.5 Å². The van der Waals surface area contributed by atoms with Crippen LogP contribution in [-0.4, -0.2) is 31.6 Å². The molecule has 0 spiro atoms. The van der Waals surface area contributed by atoms with Crippen molar-refractivity contribution in [1.29, 1.82) is 0 Å². The molecule has 0 amide bonds. The number of nitrogens with one attached hydrogen (secondary N) is 1. The third-order valence-electron chi connectivity index (χ3n) is 3.88. The highest BCUT2D eigenvalue weighted by Gasteiger charge is 2.14. The molecule has 1 fully saturated rings. The van der Waals surface area contributed by atoms with Crippen molar-refractivity contribution in [3.63, 3.8) is 0 Å². The first-order valence-corrected chi connectivity index (χ1v) is 8.66. The van der Waals surface area contributed by atoms with Crippen molar-refractivity contribution < 1.29 is 9.47 Å². The Bertz CT molecular complexity index is 432. The van der Waals surface area contributed by atoms with Crippen molar-refractivity contribution in [3.8, 4) is 11.5 Å². The lowest BCUT2D eigenvalue weighted by molar-refractivity contribution is 0.297. The van der Waals surface area contributed by atoms with Crippen LogP contribution in [0.5, 0.6) is 11.5 Å². The number of benzene rings is 1. The van der Waals surface area contributed by atoms with Crippen LogP contribution < -0.4 is 14.8 Å². The van der Waals surface area contributed by atoms with Crippen molar-refractivity contribution in [2.24, 2.45) is 0 Å². The van der Waals surface area contributed by atoms with Crippen LogP contribution >= 0.6 is 11.8 Å². The molecular formula is C16H23NO2S. The van der Waals surface area contributed by atoms with Gasteiger partial charge in [0.15, 0.2) is 11.5 Å². The van der Waals surface area contributed by atoms with Gasteiger partial charge in [0.25, 0.3) is 0 Å². The number of hydrogen-bond donors (Lipinski definition) is 1. The molecule has 0 unspecified atom stereocenters. The van der Waals surface area contributed by atoms with E-state index in [0.29, 0.717) is 0 Å². The summed E-state index contributed by atoms with van der Waals surface area (Å²) in [7, 11) is 0. The molecule has 1 aromatic rings. The smallest absolute Gasteiger partial charge is 0.162 e. The zero-order valence-electron chi connectivity index (χ0n) is 11.9. The molecule has 20 heavy (non-hydrogen) atoms. The number of rotatable bonds is 5. The lowest BCUT2D eigenvalue weighted by Gasteiger charge is -2.12. The molecule has 0 radical (unpaired) electrons. The Labute approximate surface area is 125 Å². The van der Waals surface area contributed by atoms with Crippen molar-refractivity contribution in [3.05, 3.63) is 18.2 Å².